The lowest BCUT2D eigenvalue weighted by molar-refractivity contribution is 0.552. The minimum Gasteiger partial charge on any atom is -0.254 e. The third-order valence-electron chi connectivity index (χ3n) is 3.71. The van der Waals surface area contributed by atoms with Gasteiger partial charge in [-0.05, 0) is 31.6 Å². The average molecular weight is 343 g/mol. The zero-order valence-electron chi connectivity index (χ0n) is 11.1. The first-order chi connectivity index (χ1) is 9.88. The Morgan fingerprint density at radius 1 is 1.33 bits per heavy atom. The van der Waals surface area contributed by atoms with Gasteiger partial charge in [0.1, 0.15) is 10.3 Å². The van der Waals surface area contributed by atoms with Crippen LogP contribution in [0.15, 0.2) is 47.8 Å². The molecule has 0 saturated carbocycles. The van der Waals surface area contributed by atoms with E-state index in [4.69, 9.17) is 23.2 Å². The zero-order chi connectivity index (χ0) is 15.3. The maximum Gasteiger partial charge on any atom is 0.249 e. The summed E-state index contributed by atoms with van der Waals surface area (Å²) in [5.74, 6) is 0. The molecule has 3 rings (SSSR count). The molecule has 0 spiro atoms. The zero-order valence-corrected chi connectivity index (χ0v) is 13.5. The molecule has 1 unspecified atom stereocenters. The Morgan fingerprint density at radius 3 is 2.81 bits per heavy atom. The van der Waals surface area contributed by atoms with Crippen LogP contribution in [0.2, 0.25) is 5.02 Å². The van der Waals surface area contributed by atoms with Gasteiger partial charge in [0.05, 0.1) is 10.5 Å². The van der Waals surface area contributed by atoms with Gasteiger partial charge in [0.15, 0.2) is 0 Å². The number of nitrogens with zero attached hydrogens (tertiary/aromatic N) is 2. The molecule has 2 aromatic heterocycles. The van der Waals surface area contributed by atoms with Crippen LogP contribution in [0.5, 0.6) is 0 Å². The summed E-state index contributed by atoms with van der Waals surface area (Å²) < 4.78 is 26.1. The number of aromatic nitrogens is 2. The first-order valence-electron chi connectivity index (χ1n) is 6.27. The topological polar surface area (TPSA) is 52.0 Å². The first-order valence-corrected chi connectivity index (χ1v) is 8.47. The molecule has 1 aliphatic carbocycles. The van der Waals surface area contributed by atoms with Crippen molar-refractivity contribution in [3.05, 3.63) is 52.8 Å². The second-order valence-corrected chi connectivity index (χ2v) is 8.08. The van der Waals surface area contributed by atoms with Crippen LogP contribution >= 0.6 is 23.2 Å². The van der Waals surface area contributed by atoms with Crippen molar-refractivity contribution < 1.29 is 8.42 Å². The predicted molar refractivity (Wildman–Crippen MR) is 85.2 cm³/mol. The fraction of sp³-hybridized carbons (Fsp3) is 0.214. The highest BCUT2D eigenvalue weighted by molar-refractivity contribution is 7.91. The first kappa shape index (κ1) is 14.6. The van der Waals surface area contributed by atoms with E-state index >= 15 is 0 Å². The molecule has 1 aliphatic rings. The van der Waals surface area contributed by atoms with Crippen molar-refractivity contribution in [1.29, 1.82) is 0 Å². The minimum atomic E-state index is -3.78. The van der Waals surface area contributed by atoms with Crippen molar-refractivity contribution in [3.63, 3.8) is 0 Å². The quantitative estimate of drug-likeness (QED) is 0.835. The average Bonchev–Trinajstić information content (AvgIpc) is 2.88. The SMILES string of the molecule is CC1(S(=O)(=O)n2ccc3nccc(Cl)c32)CC=CC=C1Cl. The van der Waals surface area contributed by atoms with Crippen LogP contribution in [0, 0.1) is 0 Å². The van der Waals surface area contributed by atoms with Crippen LogP contribution in [-0.2, 0) is 10.0 Å². The highest BCUT2D eigenvalue weighted by atomic mass is 35.5. The summed E-state index contributed by atoms with van der Waals surface area (Å²) in [6.45, 7) is 1.61. The van der Waals surface area contributed by atoms with E-state index in [1.807, 2.05) is 0 Å². The van der Waals surface area contributed by atoms with E-state index in [0.717, 1.165) is 0 Å². The maximum atomic E-state index is 13.1. The van der Waals surface area contributed by atoms with Gasteiger partial charge < -0.3 is 0 Å². The van der Waals surface area contributed by atoms with Crippen LogP contribution in [-0.4, -0.2) is 22.1 Å². The Labute approximate surface area is 132 Å². The number of fused-ring (bicyclic) bond motifs is 1. The summed E-state index contributed by atoms with van der Waals surface area (Å²) in [4.78, 5) is 4.13. The summed E-state index contributed by atoms with van der Waals surface area (Å²) in [5.41, 5.74) is 0.903. The Balaban J connectivity index is 2.27. The largest absolute Gasteiger partial charge is 0.254 e. The van der Waals surface area contributed by atoms with Gasteiger partial charge in [-0.25, -0.2) is 12.4 Å². The van der Waals surface area contributed by atoms with Gasteiger partial charge in [0.25, 0.3) is 0 Å². The van der Waals surface area contributed by atoms with Gasteiger partial charge >= 0.3 is 0 Å². The molecule has 0 aromatic carbocycles. The molecule has 0 fully saturated rings. The third-order valence-corrected chi connectivity index (χ3v) is 7.02. The number of halogens is 2. The molecular weight excluding hydrogens is 331 g/mol. The smallest absolute Gasteiger partial charge is 0.249 e. The van der Waals surface area contributed by atoms with E-state index in [-0.39, 0.29) is 5.03 Å². The summed E-state index contributed by atoms with van der Waals surface area (Å²) in [6.07, 6.45) is 8.46. The monoisotopic (exact) mass is 342 g/mol. The van der Waals surface area contributed by atoms with Crippen LogP contribution in [0.25, 0.3) is 11.0 Å². The van der Waals surface area contributed by atoms with Crippen molar-refractivity contribution in [2.45, 2.75) is 18.1 Å². The van der Waals surface area contributed by atoms with Gasteiger partial charge in [0, 0.05) is 17.4 Å². The molecule has 2 aromatic rings. The normalized spacial score (nSPS) is 22.5. The molecule has 0 radical (unpaired) electrons. The molecule has 2 heterocycles. The van der Waals surface area contributed by atoms with E-state index in [1.165, 1.54) is 10.2 Å². The lowest BCUT2D eigenvalue weighted by atomic mass is 10.0. The van der Waals surface area contributed by atoms with Gasteiger partial charge in [-0.1, -0.05) is 35.4 Å². The number of hydrogen-bond donors (Lipinski definition) is 0. The van der Waals surface area contributed by atoms with Crippen molar-refractivity contribution in [1.82, 2.24) is 8.96 Å². The summed E-state index contributed by atoms with van der Waals surface area (Å²) in [6, 6.07) is 3.19. The maximum absolute atomic E-state index is 13.1. The highest BCUT2D eigenvalue weighted by Gasteiger charge is 2.44. The molecule has 0 N–H and O–H groups in total. The Hall–Kier alpha value is -1.30. The van der Waals surface area contributed by atoms with Crippen molar-refractivity contribution in [3.8, 4) is 0 Å². The second-order valence-electron chi connectivity index (χ2n) is 5.02. The van der Waals surface area contributed by atoms with Crippen molar-refractivity contribution >= 4 is 44.3 Å². The molecule has 0 aliphatic heterocycles. The molecule has 4 nitrogen and oxygen atoms in total. The lowest BCUT2D eigenvalue weighted by Gasteiger charge is -2.30. The van der Waals surface area contributed by atoms with Gasteiger partial charge in [0.2, 0.25) is 10.0 Å². The molecule has 1 atom stereocenters. The molecule has 0 saturated heterocycles. The Kier molecular flexibility index (Phi) is 3.39. The lowest BCUT2D eigenvalue weighted by Crippen LogP contribution is -2.40. The van der Waals surface area contributed by atoms with E-state index in [1.54, 1.807) is 43.5 Å². The third kappa shape index (κ3) is 2.03. The van der Waals surface area contributed by atoms with E-state index < -0.39 is 14.8 Å². The van der Waals surface area contributed by atoms with Gasteiger partial charge in [-0.2, -0.15) is 0 Å². The summed E-state index contributed by atoms with van der Waals surface area (Å²) >= 11 is 12.3. The molecular formula is C14H12Cl2N2O2S. The summed E-state index contributed by atoms with van der Waals surface area (Å²) in [7, 11) is -3.78. The summed E-state index contributed by atoms with van der Waals surface area (Å²) in [5, 5.41) is 0.621. The Bertz CT molecular complexity index is 884. The highest BCUT2D eigenvalue weighted by Crippen LogP contribution is 2.38. The van der Waals surface area contributed by atoms with Crippen LogP contribution in [0.4, 0.5) is 0 Å². The van der Waals surface area contributed by atoms with E-state index in [2.05, 4.69) is 4.98 Å². The standard InChI is InChI=1S/C14H12Cl2N2O2S/c1-14(7-3-2-4-12(14)16)21(19,20)18-9-6-11-13(18)10(15)5-8-17-11/h2-6,8-9H,7H2,1H3. The van der Waals surface area contributed by atoms with Crippen LogP contribution < -0.4 is 0 Å². The number of pyridine rings is 1. The van der Waals surface area contributed by atoms with Crippen molar-refractivity contribution in [2.24, 2.45) is 0 Å². The van der Waals surface area contributed by atoms with Gasteiger partial charge in [-0.3, -0.25) is 4.98 Å². The predicted octanol–water partition coefficient (Wildman–Crippen LogP) is 3.71. The second kappa shape index (κ2) is 4.87. The van der Waals surface area contributed by atoms with E-state index in [9.17, 15) is 8.42 Å². The van der Waals surface area contributed by atoms with Gasteiger partial charge in [-0.15, -0.1) is 0 Å². The number of hydrogen-bond acceptors (Lipinski definition) is 3. The van der Waals surface area contributed by atoms with Crippen LogP contribution in [0.3, 0.4) is 0 Å². The van der Waals surface area contributed by atoms with E-state index in [0.29, 0.717) is 22.5 Å². The molecule has 0 amide bonds. The molecule has 0 bridgehead atoms. The minimum absolute atomic E-state index is 0.284. The number of allylic oxidation sites excluding steroid dienone is 3. The number of rotatable bonds is 2. The Morgan fingerprint density at radius 2 is 2.10 bits per heavy atom. The van der Waals surface area contributed by atoms with Crippen molar-refractivity contribution in [2.75, 3.05) is 0 Å². The fourth-order valence-electron chi connectivity index (χ4n) is 2.36. The fourth-order valence-corrected chi connectivity index (χ4v) is 4.81. The molecule has 110 valence electrons. The molecule has 7 heteroatoms. The van der Waals surface area contributed by atoms with Crippen LogP contribution in [0.1, 0.15) is 13.3 Å². The molecule has 21 heavy (non-hydrogen) atoms.